The molecule has 2 fully saturated rings. The van der Waals surface area contributed by atoms with Crippen LogP contribution >= 0.6 is 0 Å². The average Bonchev–Trinajstić information content (AvgIpc) is 3.26. The first kappa shape index (κ1) is 18.9. The summed E-state index contributed by atoms with van der Waals surface area (Å²) in [6.45, 7) is 6.80. The van der Waals surface area contributed by atoms with E-state index in [1.54, 1.807) is 11.0 Å². The Morgan fingerprint density at radius 2 is 2.07 bits per heavy atom. The Morgan fingerprint density at radius 1 is 1.25 bits per heavy atom. The molecule has 1 aromatic rings. The van der Waals surface area contributed by atoms with Crippen LogP contribution in [0, 0.1) is 0 Å². The summed E-state index contributed by atoms with van der Waals surface area (Å²) in [5.41, 5.74) is 1.49. The Labute approximate surface area is 165 Å². The van der Waals surface area contributed by atoms with Gasteiger partial charge in [-0.15, -0.1) is 0 Å². The normalized spacial score (nSPS) is 26.4. The topological polar surface area (TPSA) is 79.0 Å². The van der Waals surface area contributed by atoms with E-state index in [2.05, 4.69) is 24.1 Å². The highest BCUT2D eigenvalue weighted by Gasteiger charge is 2.39. The Hall–Kier alpha value is -2.41. The number of nitrogens with zero attached hydrogens (tertiary/aromatic N) is 2. The average molecular weight is 385 g/mol. The van der Waals surface area contributed by atoms with Crippen LogP contribution in [0.1, 0.15) is 55.5 Å². The van der Waals surface area contributed by atoms with E-state index in [4.69, 9.17) is 4.74 Å². The van der Waals surface area contributed by atoms with Crippen LogP contribution in [0.15, 0.2) is 18.2 Å². The van der Waals surface area contributed by atoms with E-state index < -0.39 is 6.04 Å². The summed E-state index contributed by atoms with van der Waals surface area (Å²) in [5.74, 6) is -0.0595. The predicted molar refractivity (Wildman–Crippen MR) is 103 cm³/mol. The zero-order valence-electron chi connectivity index (χ0n) is 16.4. The molecule has 3 heterocycles. The summed E-state index contributed by atoms with van der Waals surface area (Å²) >= 11 is 0. The molecule has 4 rings (SSSR count). The molecule has 3 amide bonds. The first-order valence-corrected chi connectivity index (χ1v) is 10.2. The fourth-order valence-corrected chi connectivity index (χ4v) is 4.69. The molecule has 3 aliphatic heterocycles. The lowest BCUT2D eigenvalue weighted by molar-refractivity contribution is -0.136. The molecule has 1 aromatic carbocycles. The smallest absolute Gasteiger partial charge is 0.255 e. The number of imide groups is 1. The van der Waals surface area contributed by atoms with Gasteiger partial charge >= 0.3 is 0 Å². The van der Waals surface area contributed by atoms with Crippen LogP contribution in [0.4, 0.5) is 0 Å². The van der Waals surface area contributed by atoms with E-state index in [1.807, 2.05) is 12.1 Å². The zero-order chi connectivity index (χ0) is 19.8. The number of carbonyl (C=O) groups excluding carboxylic acids is 3. The van der Waals surface area contributed by atoms with Gasteiger partial charge in [-0.2, -0.15) is 0 Å². The van der Waals surface area contributed by atoms with Crippen LogP contribution in [0.2, 0.25) is 0 Å². The maximum atomic E-state index is 12.8. The second-order valence-corrected chi connectivity index (χ2v) is 7.88. The van der Waals surface area contributed by atoms with Gasteiger partial charge in [-0.3, -0.25) is 24.6 Å². The second kappa shape index (κ2) is 7.54. The molecule has 1 unspecified atom stereocenters. The minimum atomic E-state index is -0.586. The van der Waals surface area contributed by atoms with Crippen molar-refractivity contribution in [3.63, 3.8) is 0 Å². The molecule has 0 radical (unpaired) electrons. The van der Waals surface area contributed by atoms with Crippen molar-refractivity contribution in [3.8, 4) is 5.75 Å². The van der Waals surface area contributed by atoms with Gasteiger partial charge < -0.3 is 9.64 Å². The number of hydrogen-bond donors (Lipinski definition) is 1. The highest BCUT2D eigenvalue weighted by Crippen LogP contribution is 2.31. The minimum Gasteiger partial charge on any atom is -0.489 e. The van der Waals surface area contributed by atoms with E-state index in [-0.39, 0.29) is 30.2 Å². The number of nitrogens with one attached hydrogen (secondary N) is 1. The van der Waals surface area contributed by atoms with Crippen LogP contribution in [-0.2, 0) is 16.1 Å². The molecular formula is C21H27N3O4. The summed E-state index contributed by atoms with van der Waals surface area (Å²) in [6.07, 6.45) is 3.05. The van der Waals surface area contributed by atoms with E-state index in [1.165, 1.54) is 6.42 Å². The number of fused-ring (bicyclic) bond motifs is 1. The van der Waals surface area contributed by atoms with Gasteiger partial charge in [0.1, 0.15) is 17.9 Å². The molecule has 2 saturated heterocycles. The molecule has 0 aromatic heterocycles. The van der Waals surface area contributed by atoms with Crippen LogP contribution in [-0.4, -0.2) is 58.8 Å². The number of likely N-dealkylation sites (tertiary alicyclic amines) is 1. The molecule has 150 valence electrons. The maximum absolute atomic E-state index is 12.8. The zero-order valence-corrected chi connectivity index (χ0v) is 16.4. The number of amides is 3. The van der Waals surface area contributed by atoms with Crippen molar-refractivity contribution < 1.29 is 19.1 Å². The van der Waals surface area contributed by atoms with Gasteiger partial charge in [0.15, 0.2) is 0 Å². The second-order valence-electron chi connectivity index (χ2n) is 7.88. The number of piperidine rings is 1. The largest absolute Gasteiger partial charge is 0.489 e. The molecule has 0 spiro atoms. The van der Waals surface area contributed by atoms with Crippen LogP contribution in [0.5, 0.6) is 5.75 Å². The van der Waals surface area contributed by atoms with Crippen molar-refractivity contribution in [2.45, 2.75) is 64.3 Å². The fourth-order valence-electron chi connectivity index (χ4n) is 4.69. The van der Waals surface area contributed by atoms with Gasteiger partial charge in [-0.25, -0.2) is 0 Å². The number of hydrogen-bond acceptors (Lipinski definition) is 5. The highest BCUT2D eigenvalue weighted by atomic mass is 16.5. The number of rotatable bonds is 5. The molecule has 1 N–H and O–H groups in total. The lowest BCUT2D eigenvalue weighted by Gasteiger charge is -2.29. The maximum Gasteiger partial charge on any atom is 0.255 e. The lowest BCUT2D eigenvalue weighted by Crippen LogP contribution is -2.52. The number of carbonyl (C=O) groups is 3. The standard InChI is InChI=1S/C21H27N3O4/c1-3-23-10-4-5-17(23)13(2)28-15-6-7-16-14(11-15)12-24(21(16)27)18-8-9-19(25)22-20(18)26/h6-7,11,13,17-18H,3-5,8-10,12H2,1-2H3,(H,22,25,26)/t13-,17-,18?/m0/s1. The summed E-state index contributed by atoms with van der Waals surface area (Å²) in [5, 5.41) is 2.33. The molecule has 0 bridgehead atoms. The molecule has 3 aliphatic rings. The van der Waals surface area contributed by atoms with Gasteiger partial charge in [0.25, 0.3) is 5.91 Å². The van der Waals surface area contributed by atoms with Gasteiger partial charge in [0, 0.05) is 24.6 Å². The van der Waals surface area contributed by atoms with Crippen molar-refractivity contribution in [2.75, 3.05) is 13.1 Å². The molecule has 7 heteroatoms. The molecule has 0 saturated carbocycles. The van der Waals surface area contributed by atoms with Crippen LogP contribution in [0.25, 0.3) is 0 Å². The van der Waals surface area contributed by atoms with Gasteiger partial charge in [-0.05, 0) is 63.0 Å². The molecule has 7 nitrogen and oxygen atoms in total. The first-order valence-electron chi connectivity index (χ1n) is 10.2. The van der Waals surface area contributed by atoms with Crippen molar-refractivity contribution in [2.24, 2.45) is 0 Å². The lowest BCUT2D eigenvalue weighted by atomic mass is 10.0. The van der Waals surface area contributed by atoms with E-state index in [9.17, 15) is 14.4 Å². The molecular weight excluding hydrogens is 358 g/mol. The quantitative estimate of drug-likeness (QED) is 0.781. The minimum absolute atomic E-state index is 0.0730. The predicted octanol–water partition coefficient (Wildman–Crippen LogP) is 1.70. The Balaban J connectivity index is 1.46. The summed E-state index contributed by atoms with van der Waals surface area (Å²) in [7, 11) is 0. The van der Waals surface area contributed by atoms with E-state index >= 15 is 0 Å². The summed E-state index contributed by atoms with van der Waals surface area (Å²) in [6, 6.07) is 5.38. The SMILES string of the molecule is CCN1CCC[C@H]1[C@H](C)Oc1ccc2c(c1)CN(C1CCC(=O)NC1=O)C2=O. The molecule has 3 atom stereocenters. The van der Waals surface area contributed by atoms with Crippen LogP contribution in [0.3, 0.4) is 0 Å². The van der Waals surface area contributed by atoms with Gasteiger partial charge in [0.05, 0.1) is 0 Å². The van der Waals surface area contributed by atoms with Gasteiger partial charge in [0.2, 0.25) is 11.8 Å². The van der Waals surface area contributed by atoms with Crippen LogP contribution < -0.4 is 10.1 Å². The number of ether oxygens (including phenoxy) is 1. The first-order chi connectivity index (χ1) is 13.5. The third-order valence-electron chi connectivity index (χ3n) is 6.18. The van der Waals surface area contributed by atoms with Gasteiger partial charge in [-0.1, -0.05) is 6.92 Å². The number of benzene rings is 1. The Bertz CT molecular complexity index is 809. The van der Waals surface area contributed by atoms with E-state index in [0.29, 0.717) is 24.6 Å². The van der Waals surface area contributed by atoms with Crippen molar-refractivity contribution in [1.29, 1.82) is 0 Å². The third-order valence-corrected chi connectivity index (χ3v) is 6.18. The summed E-state index contributed by atoms with van der Waals surface area (Å²) < 4.78 is 6.21. The third kappa shape index (κ3) is 3.39. The monoisotopic (exact) mass is 385 g/mol. The van der Waals surface area contributed by atoms with Crippen molar-refractivity contribution in [3.05, 3.63) is 29.3 Å². The Morgan fingerprint density at radius 3 is 2.82 bits per heavy atom. The van der Waals surface area contributed by atoms with E-state index in [0.717, 1.165) is 30.8 Å². The fraction of sp³-hybridized carbons (Fsp3) is 0.571. The molecule has 0 aliphatic carbocycles. The highest BCUT2D eigenvalue weighted by molar-refractivity contribution is 6.05. The number of likely N-dealkylation sites (N-methyl/N-ethyl adjacent to an activating group) is 1. The summed E-state index contributed by atoms with van der Waals surface area (Å²) in [4.78, 5) is 40.3. The Kier molecular flexibility index (Phi) is 5.10. The van der Waals surface area contributed by atoms with Crippen molar-refractivity contribution >= 4 is 17.7 Å². The molecule has 28 heavy (non-hydrogen) atoms. The van der Waals surface area contributed by atoms with Crippen molar-refractivity contribution in [1.82, 2.24) is 15.1 Å².